The normalized spacial score (nSPS) is 15.4. The van der Waals surface area contributed by atoms with E-state index in [2.05, 4.69) is 17.6 Å². The fourth-order valence-electron chi connectivity index (χ4n) is 4.29. The lowest BCUT2D eigenvalue weighted by molar-refractivity contribution is -0.113. The average Bonchev–Trinajstić information content (AvgIpc) is 3.16. The van der Waals surface area contributed by atoms with E-state index in [4.69, 9.17) is 4.98 Å². The largest absolute Gasteiger partial charge is 0.508 e. The number of anilines is 2. The van der Waals surface area contributed by atoms with Crippen LogP contribution < -0.4 is 10.6 Å². The second kappa shape index (κ2) is 7.89. The van der Waals surface area contributed by atoms with Crippen molar-refractivity contribution in [3.8, 4) is 5.75 Å². The SMILES string of the molecule is CCc1ccc(NC(=O)C2=C(C)Nc3nc4ccccc4n3[C@H]2c2cccc(O)c2)cc1. The third-order valence-electron chi connectivity index (χ3n) is 5.88. The molecule has 6 heteroatoms. The van der Waals surface area contributed by atoms with Crippen LogP contribution in [0.15, 0.2) is 84.1 Å². The predicted molar refractivity (Wildman–Crippen MR) is 127 cm³/mol. The van der Waals surface area contributed by atoms with Crippen LogP contribution in [-0.4, -0.2) is 20.6 Å². The molecular formula is C26H24N4O2. The summed E-state index contributed by atoms with van der Waals surface area (Å²) in [7, 11) is 0. The third-order valence-corrected chi connectivity index (χ3v) is 5.88. The molecule has 3 N–H and O–H groups in total. The molecule has 0 saturated carbocycles. The molecule has 0 fully saturated rings. The van der Waals surface area contributed by atoms with Crippen molar-refractivity contribution in [3.63, 3.8) is 0 Å². The van der Waals surface area contributed by atoms with Gasteiger partial charge in [-0.05, 0) is 60.9 Å². The summed E-state index contributed by atoms with van der Waals surface area (Å²) in [6.07, 6.45) is 0.943. The number of imidazole rings is 1. The number of carbonyl (C=O) groups is 1. The lowest BCUT2D eigenvalue weighted by Crippen LogP contribution is -2.30. The van der Waals surface area contributed by atoms with E-state index in [0.29, 0.717) is 11.5 Å². The molecule has 3 aromatic carbocycles. The molecule has 160 valence electrons. The van der Waals surface area contributed by atoms with Gasteiger partial charge in [-0.2, -0.15) is 0 Å². The first kappa shape index (κ1) is 19.9. The summed E-state index contributed by atoms with van der Waals surface area (Å²) < 4.78 is 2.02. The van der Waals surface area contributed by atoms with Crippen molar-refractivity contribution in [2.75, 3.05) is 10.6 Å². The van der Waals surface area contributed by atoms with Crippen LogP contribution in [0.1, 0.15) is 31.0 Å². The zero-order valence-electron chi connectivity index (χ0n) is 18.0. The van der Waals surface area contributed by atoms with E-state index < -0.39 is 6.04 Å². The van der Waals surface area contributed by atoms with Crippen LogP contribution in [-0.2, 0) is 11.2 Å². The topological polar surface area (TPSA) is 79.2 Å². The van der Waals surface area contributed by atoms with Gasteiger partial charge >= 0.3 is 0 Å². The highest BCUT2D eigenvalue weighted by Gasteiger charge is 2.34. The molecule has 1 aromatic heterocycles. The minimum atomic E-state index is -0.444. The number of aryl methyl sites for hydroxylation is 1. The Balaban J connectivity index is 1.63. The fourth-order valence-corrected chi connectivity index (χ4v) is 4.29. The number of fused-ring (bicyclic) bond motifs is 3. The van der Waals surface area contributed by atoms with Gasteiger partial charge in [0.05, 0.1) is 22.6 Å². The Labute approximate surface area is 186 Å². The van der Waals surface area contributed by atoms with Gasteiger partial charge in [0.25, 0.3) is 5.91 Å². The van der Waals surface area contributed by atoms with Crippen LogP contribution in [0.3, 0.4) is 0 Å². The van der Waals surface area contributed by atoms with Crippen molar-refractivity contribution >= 4 is 28.6 Å². The number of aromatic hydroxyl groups is 1. The molecule has 32 heavy (non-hydrogen) atoms. The molecule has 1 amide bonds. The molecule has 0 spiro atoms. The summed E-state index contributed by atoms with van der Waals surface area (Å²) in [6, 6.07) is 22.3. The van der Waals surface area contributed by atoms with E-state index in [1.165, 1.54) is 5.56 Å². The Morgan fingerprint density at radius 1 is 1.09 bits per heavy atom. The zero-order chi connectivity index (χ0) is 22.2. The number of phenolic OH excluding ortho intramolecular Hbond substituents is 1. The molecular weight excluding hydrogens is 400 g/mol. The molecule has 0 radical (unpaired) electrons. The smallest absolute Gasteiger partial charge is 0.255 e. The van der Waals surface area contributed by atoms with E-state index in [1.807, 2.05) is 66.1 Å². The summed E-state index contributed by atoms with van der Waals surface area (Å²) >= 11 is 0. The molecule has 4 aromatic rings. The van der Waals surface area contributed by atoms with Gasteiger partial charge in [-0.1, -0.05) is 43.3 Å². The minimum Gasteiger partial charge on any atom is -0.508 e. The van der Waals surface area contributed by atoms with Gasteiger partial charge in [0.15, 0.2) is 0 Å². The number of phenols is 1. The number of para-hydroxylation sites is 2. The average molecular weight is 425 g/mol. The van der Waals surface area contributed by atoms with Gasteiger partial charge in [-0.3, -0.25) is 9.36 Å². The first-order valence-electron chi connectivity index (χ1n) is 10.7. The van der Waals surface area contributed by atoms with Crippen LogP contribution in [0.4, 0.5) is 11.6 Å². The van der Waals surface area contributed by atoms with Gasteiger partial charge in [0.2, 0.25) is 5.95 Å². The van der Waals surface area contributed by atoms with Gasteiger partial charge in [0.1, 0.15) is 5.75 Å². The predicted octanol–water partition coefficient (Wildman–Crippen LogP) is 5.23. The summed E-state index contributed by atoms with van der Waals surface area (Å²) in [6.45, 7) is 3.98. The summed E-state index contributed by atoms with van der Waals surface area (Å²) in [5.74, 6) is 0.622. The number of nitrogens with zero attached hydrogens (tertiary/aromatic N) is 2. The number of rotatable bonds is 4. The molecule has 0 bridgehead atoms. The molecule has 1 aliphatic rings. The molecule has 5 rings (SSSR count). The molecule has 0 unspecified atom stereocenters. The number of hydrogen-bond donors (Lipinski definition) is 3. The molecule has 0 saturated heterocycles. The maximum absolute atomic E-state index is 13.6. The zero-order valence-corrected chi connectivity index (χ0v) is 18.0. The Bertz CT molecular complexity index is 1350. The quantitative estimate of drug-likeness (QED) is 0.419. The van der Waals surface area contributed by atoms with Crippen molar-refractivity contribution in [1.82, 2.24) is 9.55 Å². The second-order valence-electron chi connectivity index (χ2n) is 7.96. The van der Waals surface area contributed by atoms with Crippen molar-refractivity contribution in [3.05, 3.63) is 95.2 Å². The van der Waals surface area contributed by atoms with Crippen molar-refractivity contribution in [2.45, 2.75) is 26.3 Å². The van der Waals surface area contributed by atoms with Crippen molar-refractivity contribution < 1.29 is 9.90 Å². The van der Waals surface area contributed by atoms with Crippen LogP contribution >= 0.6 is 0 Å². The van der Waals surface area contributed by atoms with Gasteiger partial charge < -0.3 is 15.7 Å². The second-order valence-corrected chi connectivity index (χ2v) is 7.96. The Kier molecular flexibility index (Phi) is 4.90. The minimum absolute atomic E-state index is 0.152. The van der Waals surface area contributed by atoms with Crippen LogP contribution in [0.25, 0.3) is 11.0 Å². The molecule has 1 aliphatic heterocycles. The molecule has 1 atom stereocenters. The van der Waals surface area contributed by atoms with Crippen molar-refractivity contribution in [1.29, 1.82) is 0 Å². The Hall–Kier alpha value is -4.06. The fraction of sp³-hybridized carbons (Fsp3) is 0.154. The first-order valence-corrected chi connectivity index (χ1v) is 10.7. The molecule has 2 heterocycles. The number of nitrogens with one attached hydrogen (secondary N) is 2. The lowest BCUT2D eigenvalue weighted by Gasteiger charge is -2.30. The number of carbonyl (C=O) groups excluding carboxylic acids is 1. The maximum Gasteiger partial charge on any atom is 0.255 e. The van der Waals surface area contributed by atoms with E-state index in [9.17, 15) is 9.90 Å². The van der Waals surface area contributed by atoms with E-state index in [0.717, 1.165) is 34.4 Å². The number of aromatic nitrogens is 2. The molecule has 6 nitrogen and oxygen atoms in total. The highest BCUT2D eigenvalue weighted by Crippen LogP contribution is 2.40. The monoisotopic (exact) mass is 424 g/mol. The molecule has 0 aliphatic carbocycles. The van der Waals surface area contributed by atoms with E-state index in [1.54, 1.807) is 18.2 Å². The van der Waals surface area contributed by atoms with Gasteiger partial charge in [-0.15, -0.1) is 0 Å². The number of hydrogen-bond acceptors (Lipinski definition) is 4. The highest BCUT2D eigenvalue weighted by molar-refractivity contribution is 6.06. The van der Waals surface area contributed by atoms with E-state index >= 15 is 0 Å². The van der Waals surface area contributed by atoms with Crippen LogP contribution in [0, 0.1) is 0 Å². The Morgan fingerprint density at radius 2 is 1.88 bits per heavy atom. The standard InChI is InChI=1S/C26H24N4O2/c1-3-17-11-13-19(14-12-17)28-25(32)23-16(2)27-26-29-21-9-4-5-10-22(21)30(26)24(23)18-7-6-8-20(31)15-18/h4-15,24,31H,3H2,1-2H3,(H,27,29)(H,28,32)/t24-/m0/s1. The third kappa shape index (κ3) is 3.39. The van der Waals surface area contributed by atoms with Crippen LogP contribution in [0.5, 0.6) is 5.75 Å². The number of allylic oxidation sites excluding steroid dienone is 1. The first-order chi connectivity index (χ1) is 15.5. The van der Waals surface area contributed by atoms with E-state index in [-0.39, 0.29) is 11.7 Å². The summed E-state index contributed by atoms with van der Waals surface area (Å²) in [5, 5.41) is 16.5. The maximum atomic E-state index is 13.6. The summed E-state index contributed by atoms with van der Waals surface area (Å²) in [5.41, 5.74) is 5.81. The highest BCUT2D eigenvalue weighted by atomic mass is 16.3. The van der Waals surface area contributed by atoms with Gasteiger partial charge in [0, 0.05) is 11.4 Å². The lowest BCUT2D eigenvalue weighted by atomic mass is 9.94. The number of amides is 1. The Morgan fingerprint density at radius 3 is 2.62 bits per heavy atom. The van der Waals surface area contributed by atoms with Gasteiger partial charge in [-0.25, -0.2) is 4.98 Å². The van der Waals surface area contributed by atoms with Crippen LogP contribution in [0.2, 0.25) is 0 Å². The van der Waals surface area contributed by atoms with Crippen molar-refractivity contribution in [2.24, 2.45) is 0 Å². The number of benzene rings is 3. The summed E-state index contributed by atoms with van der Waals surface area (Å²) in [4.78, 5) is 18.3.